The van der Waals surface area contributed by atoms with Gasteiger partial charge in [0.15, 0.2) is 5.82 Å². The number of carbonyl (C=O) groups is 1. The van der Waals surface area contributed by atoms with E-state index in [0.29, 0.717) is 34.8 Å². The molecule has 1 amide bonds. The van der Waals surface area contributed by atoms with Gasteiger partial charge in [-0.05, 0) is 12.5 Å². The fourth-order valence-corrected chi connectivity index (χ4v) is 3.44. The van der Waals surface area contributed by atoms with Crippen LogP contribution in [0.2, 0.25) is 0 Å². The molecule has 2 aromatic rings. The summed E-state index contributed by atoms with van der Waals surface area (Å²) >= 11 is 0. The molecular formula is C17H20FN7O. The third kappa shape index (κ3) is 2.31. The quantitative estimate of drug-likeness (QED) is 0.597. The molecule has 2 unspecified atom stereocenters. The Balaban J connectivity index is 1.69. The number of primary amides is 1. The summed E-state index contributed by atoms with van der Waals surface area (Å²) in [4.78, 5) is 11.7. The number of hydrogen-bond acceptors (Lipinski definition) is 6. The molecule has 2 heterocycles. The van der Waals surface area contributed by atoms with Gasteiger partial charge in [0.25, 0.3) is 0 Å². The molecule has 0 spiro atoms. The molecule has 9 heteroatoms. The van der Waals surface area contributed by atoms with E-state index in [1.807, 2.05) is 0 Å². The van der Waals surface area contributed by atoms with Crippen LogP contribution in [-0.2, 0) is 11.3 Å². The van der Waals surface area contributed by atoms with Crippen molar-refractivity contribution in [2.45, 2.75) is 19.9 Å². The van der Waals surface area contributed by atoms with Crippen LogP contribution < -0.4 is 22.7 Å². The molecule has 2 aliphatic rings. The summed E-state index contributed by atoms with van der Waals surface area (Å²) in [5.74, 6) is 5.84. The lowest BCUT2D eigenvalue weighted by atomic mass is 10.0. The van der Waals surface area contributed by atoms with E-state index in [0.717, 1.165) is 0 Å². The highest BCUT2D eigenvalue weighted by Gasteiger charge is 2.59. The first kappa shape index (κ1) is 16.4. The van der Waals surface area contributed by atoms with E-state index in [1.54, 1.807) is 36.0 Å². The normalized spacial score (nSPS) is 24.3. The maximum atomic E-state index is 13.9. The van der Waals surface area contributed by atoms with E-state index in [2.05, 4.69) is 10.5 Å². The molecule has 1 aliphatic carbocycles. The van der Waals surface area contributed by atoms with Crippen molar-refractivity contribution < 1.29 is 9.18 Å². The number of carbonyl (C=O) groups excluding carboxylic acids is 1. The Bertz CT molecular complexity index is 937. The van der Waals surface area contributed by atoms with Crippen molar-refractivity contribution in [2.24, 2.45) is 28.6 Å². The van der Waals surface area contributed by atoms with Gasteiger partial charge in [0.1, 0.15) is 5.82 Å². The molecule has 136 valence electrons. The van der Waals surface area contributed by atoms with E-state index < -0.39 is 5.41 Å². The summed E-state index contributed by atoms with van der Waals surface area (Å²) in [6, 6.07) is 6.49. The summed E-state index contributed by atoms with van der Waals surface area (Å²) in [5.41, 5.74) is 16.4. The number of fused-ring (bicyclic) bond motifs is 1. The average Bonchev–Trinajstić information content (AvgIpc) is 3.11. The van der Waals surface area contributed by atoms with Gasteiger partial charge in [0, 0.05) is 11.5 Å². The lowest BCUT2D eigenvalue weighted by Crippen LogP contribution is -2.42. The Hall–Kier alpha value is -3.07. The van der Waals surface area contributed by atoms with Crippen molar-refractivity contribution in [3.63, 3.8) is 0 Å². The van der Waals surface area contributed by atoms with Gasteiger partial charge in [0.2, 0.25) is 5.91 Å². The van der Waals surface area contributed by atoms with Crippen LogP contribution in [-0.4, -0.2) is 20.8 Å². The molecule has 1 aliphatic heterocycles. The van der Waals surface area contributed by atoms with Gasteiger partial charge in [-0.15, -0.1) is 0 Å². The topological polar surface area (TPSA) is 128 Å². The van der Waals surface area contributed by atoms with Gasteiger partial charge in [0.05, 0.1) is 35.1 Å². The highest BCUT2D eigenvalue weighted by Crippen LogP contribution is 2.57. The molecule has 0 saturated heterocycles. The zero-order valence-electron chi connectivity index (χ0n) is 14.2. The maximum Gasteiger partial charge on any atom is 0.224 e. The fourth-order valence-electron chi connectivity index (χ4n) is 3.44. The molecule has 0 radical (unpaired) electrons. The van der Waals surface area contributed by atoms with Crippen molar-refractivity contribution >= 4 is 17.4 Å². The lowest BCUT2D eigenvalue weighted by Gasteiger charge is -2.31. The minimum absolute atomic E-state index is 0.152. The molecule has 7 N–H and O–H groups in total. The van der Waals surface area contributed by atoms with E-state index in [-0.39, 0.29) is 24.2 Å². The highest BCUT2D eigenvalue weighted by molar-refractivity contribution is 5.86. The Morgan fingerprint density at radius 2 is 2.19 bits per heavy atom. The Labute approximate surface area is 149 Å². The van der Waals surface area contributed by atoms with Crippen molar-refractivity contribution in [1.29, 1.82) is 0 Å². The number of nitrogens with two attached hydrogens (primary N) is 3. The number of aromatic nitrogens is 2. The van der Waals surface area contributed by atoms with Gasteiger partial charge in [-0.3, -0.25) is 10.2 Å². The third-order valence-corrected chi connectivity index (χ3v) is 5.30. The Kier molecular flexibility index (Phi) is 3.45. The fraction of sp³-hybridized carbons (Fsp3) is 0.294. The zero-order valence-corrected chi connectivity index (χ0v) is 14.2. The highest BCUT2D eigenvalue weighted by atomic mass is 19.1. The van der Waals surface area contributed by atoms with Gasteiger partial charge < -0.3 is 11.5 Å². The van der Waals surface area contributed by atoms with Gasteiger partial charge in [-0.2, -0.15) is 5.10 Å². The summed E-state index contributed by atoms with van der Waals surface area (Å²) < 4.78 is 15.5. The molecule has 1 aromatic carbocycles. The number of hydrogen-bond donors (Lipinski definition) is 4. The first-order valence-electron chi connectivity index (χ1n) is 8.23. The van der Waals surface area contributed by atoms with Crippen LogP contribution in [0.3, 0.4) is 0 Å². The SMILES string of the molecule is CC1(C(N)=O)CC1C1=C(N)c2cnn(Cc3ccccc3F)c2NN1N. The Morgan fingerprint density at radius 1 is 1.46 bits per heavy atom. The van der Waals surface area contributed by atoms with Gasteiger partial charge in [-0.25, -0.2) is 20.0 Å². The third-order valence-electron chi connectivity index (χ3n) is 5.30. The van der Waals surface area contributed by atoms with E-state index in [4.69, 9.17) is 17.3 Å². The number of benzene rings is 1. The van der Waals surface area contributed by atoms with Crippen LogP contribution in [0.4, 0.5) is 10.2 Å². The van der Waals surface area contributed by atoms with Crippen LogP contribution in [0.5, 0.6) is 0 Å². The second-order valence-corrected chi connectivity index (χ2v) is 6.98. The summed E-state index contributed by atoms with van der Waals surface area (Å²) in [6.07, 6.45) is 2.20. The van der Waals surface area contributed by atoms with E-state index >= 15 is 0 Å². The first-order chi connectivity index (χ1) is 12.3. The standard InChI is InChI=1S/C17H20FN7O/c1-17(16(20)26)6-11(17)14-13(19)10-7-22-24(15(10)23-25(14)21)8-9-4-2-3-5-12(9)18/h2-5,7,11,23H,6,8,19,21H2,1H3,(H2,20,26). The Morgan fingerprint density at radius 3 is 2.85 bits per heavy atom. The lowest BCUT2D eigenvalue weighted by molar-refractivity contribution is -0.122. The largest absolute Gasteiger partial charge is 0.397 e. The van der Waals surface area contributed by atoms with Gasteiger partial charge >= 0.3 is 0 Å². The molecule has 1 saturated carbocycles. The van der Waals surface area contributed by atoms with Crippen LogP contribution >= 0.6 is 0 Å². The average molecular weight is 357 g/mol. The van der Waals surface area contributed by atoms with Crippen molar-refractivity contribution in [3.8, 4) is 0 Å². The molecule has 1 fully saturated rings. The molecule has 8 nitrogen and oxygen atoms in total. The predicted octanol–water partition coefficient (Wildman–Crippen LogP) is 0.726. The number of allylic oxidation sites excluding steroid dienone is 1. The minimum Gasteiger partial charge on any atom is -0.397 e. The van der Waals surface area contributed by atoms with Crippen molar-refractivity contribution in [1.82, 2.24) is 14.9 Å². The molecule has 1 aromatic heterocycles. The van der Waals surface area contributed by atoms with Gasteiger partial charge in [-0.1, -0.05) is 25.1 Å². The van der Waals surface area contributed by atoms with E-state index in [9.17, 15) is 9.18 Å². The number of nitrogens with one attached hydrogen (secondary N) is 1. The summed E-state index contributed by atoms with van der Waals surface area (Å²) in [5, 5.41) is 5.61. The summed E-state index contributed by atoms with van der Waals surface area (Å²) in [7, 11) is 0. The minimum atomic E-state index is -0.653. The number of anilines is 1. The number of halogens is 1. The van der Waals surface area contributed by atoms with Crippen LogP contribution in [0.25, 0.3) is 5.70 Å². The monoisotopic (exact) mass is 357 g/mol. The second-order valence-electron chi connectivity index (χ2n) is 6.98. The molecule has 0 bridgehead atoms. The molecule has 2 atom stereocenters. The van der Waals surface area contributed by atoms with Crippen molar-refractivity contribution in [3.05, 3.63) is 53.1 Å². The number of hydrazine groups is 2. The van der Waals surface area contributed by atoms with Crippen LogP contribution in [0.1, 0.15) is 24.5 Å². The molecule has 26 heavy (non-hydrogen) atoms. The molecule has 4 rings (SSSR count). The van der Waals surface area contributed by atoms with E-state index in [1.165, 1.54) is 11.2 Å². The van der Waals surface area contributed by atoms with Crippen LogP contribution in [0.15, 0.2) is 36.2 Å². The van der Waals surface area contributed by atoms with Crippen LogP contribution in [0, 0.1) is 17.2 Å². The van der Waals surface area contributed by atoms with Crippen molar-refractivity contribution in [2.75, 3.05) is 5.43 Å². The maximum absolute atomic E-state index is 13.9. The summed E-state index contributed by atoms with van der Waals surface area (Å²) in [6.45, 7) is 2.03. The number of rotatable bonds is 4. The first-order valence-corrected chi connectivity index (χ1v) is 8.23. The number of nitrogens with zero attached hydrogens (tertiary/aromatic N) is 3. The second kappa shape index (κ2) is 5.46. The zero-order chi connectivity index (χ0) is 18.6. The number of amides is 1. The molecular weight excluding hydrogens is 337 g/mol. The predicted molar refractivity (Wildman–Crippen MR) is 93.9 cm³/mol. The smallest absolute Gasteiger partial charge is 0.224 e.